The lowest BCUT2D eigenvalue weighted by molar-refractivity contribution is -0.171. The molecule has 252 valence electrons. The van der Waals surface area contributed by atoms with Gasteiger partial charge in [-0.1, -0.05) is 23.8 Å². The van der Waals surface area contributed by atoms with Crippen molar-refractivity contribution in [2.75, 3.05) is 0 Å². The molecule has 0 radical (unpaired) electrons. The number of carboxylic acids is 1. The number of allylic oxidation sites excluding steroid dienone is 3. The van der Waals surface area contributed by atoms with Crippen molar-refractivity contribution in [3.63, 3.8) is 0 Å². The second-order valence-electron chi connectivity index (χ2n) is 16.4. The maximum Gasteiger partial charge on any atom is 0.330 e. The molecule has 0 unspecified atom stereocenters. The van der Waals surface area contributed by atoms with E-state index in [2.05, 4.69) is 0 Å². The van der Waals surface area contributed by atoms with E-state index < -0.39 is 51.6 Å². The summed E-state index contributed by atoms with van der Waals surface area (Å²) >= 11 is 0. The van der Waals surface area contributed by atoms with Crippen molar-refractivity contribution in [3.05, 3.63) is 51.6 Å². The molecule has 7 aliphatic rings. The van der Waals surface area contributed by atoms with Crippen LogP contribution in [0.25, 0.3) is 0 Å². The molecule has 7 atom stereocenters. The van der Waals surface area contributed by atoms with Gasteiger partial charge in [0.2, 0.25) is 0 Å². The predicted octanol–water partition coefficient (Wildman–Crippen LogP) is 6.13. The Hall–Kier alpha value is -3.43. The van der Waals surface area contributed by atoms with Gasteiger partial charge in [0, 0.05) is 52.4 Å². The van der Waals surface area contributed by atoms with Gasteiger partial charge in [0.15, 0.2) is 22.8 Å². The van der Waals surface area contributed by atoms with E-state index in [1.54, 1.807) is 6.08 Å². The number of rotatable bonds is 5. The van der Waals surface area contributed by atoms with Gasteiger partial charge in [0.05, 0.1) is 11.2 Å². The van der Waals surface area contributed by atoms with Crippen LogP contribution in [-0.4, -0.2) is 60.9 Å². The molecule has 0 aromatic heterocycles. The third kappa shape index (κ3) is 4.17. The zero-order chi connectivity index (χ0) is 34.2. The third-order valence-corrected chi connectivity index (χ3v) is 12.1. The molecule has 4 aliphatic carbocycles. The van der Waals surface area contributed by atoms with Crippen LogP contribution < -0.4 is 9.47 Å². The number of carbonyl (C=O) groups is 3. The molecular weight excluding hydrogens is 600 g/mol. The zero-order valence-corrected chi connectivity index (χ0v) is 28.6. The predicted molar refractivity (Wildman–Crippen MR) is 173 cm³/mol. The average molecular weight is 647 g/mol. The first kappa shape index (κ1) is 32.1. The van der Waals surface area contributed by atoms with Crippen LogP contribution in [0.15, 0.2) is 34.9 Å². The molecule has 3 aliphatic heterocycles. The van der Waals surface area contributed by atoms with E-state index >= 15 is 0 Å². The van der Waals surface area contributed by atoms with Gasteiger partial charge < -0.3 is 29.5 Å². The van der Waals surface area contributed by atoms with Crippen molar-refractivity contribution < 1.29 is 43.9 Å². The molecule has 1 aromatic carbocycles. The van der Waals surface area contributed by atoms with Crippen molar-refractivity contribution in [2.45, 2.75) is 128 Å². The molecule has 3 fully saturated rings. The number of fused-ring (bicyclic) bond motifs is 4. The lowest BCUT2D eigenvalue weighted by Gasteiger charge is -2.57. The van der Waals surface area contributed by atoms with Gasteiger partial charge in [-0.2, -0.15) is 0 Å². The molecule has 47 heavy (non-hydrogen) atoms. The standard InChI is InChI=1S/C38H46O9/c1-18(2)9-10-21-30-26(22-17-36(8,44)13-12-23(22)34(4,5)45-30)29(40)27-28(39)24-15-20-16-25-35(6,7)47-37(32(20)41,14-11-19(3)33(42)43)38(24,25)46-31(21)27/h9,11,15,20,22-23,25,40,44H,10,12-14,16-17H2,1-8H3,(H,42,43)/t20-,22-,23-,25+,36-,37+,38-/m1/s1. The monoisotopic (exact) mass is 646 g/mol. The Morgan fingerprint density at radius 2 is 1.72 bits per heavy atom. The lowest BCUT2D eigenvalue weighted by Crippen LogP contribution is -2.72. The molecule has 4 bridgehead atoms. The van der Waals surface area contributed by atoms with Crippen molar-refractivity contribution in [3.8, 4) is 17.2 Å². The van der Waals surface area contributed by atoms with Crippen molar-refractivity contribution in [1.82, 2.24) is 0 Å². The summed E-state index contributed by atoms with van der Waals surface area (Å²) in [7, 11) is 0. The van der Waals surface area contributed by atoms with Crippen LogP contribution in [0.2, 0.25) is 0 Å². The largest absolute Gasteiger partial charge is 0.507 e. The van der Waals surface area contributed by atoms with E-state index in [1.165, 1.54) is 13.0 Å². The van der Waals surface area contributed by atoms with Gasteiger partial charge in [0.1, 0.15) is 28.4 Å². The number of aliphatic hydroxyl groups is 1. The number of carbonyl (C=O) groups excluding carboxylic acids is 2. The quantitative estimate of drug-likeness (QED) is 0.254. The number of hydrogen-bond acceptors (Lipinski definition) is 8. The number of aliphatic carboxylic acids is 1. The molecule has 0 amide bonds. The van der Waals surface area contributed by atoms with Crippen molar-refractivity contribution in [1.29, 1.82) is 0 Å². The number of benzene rings is 1. The highest BCUT2D eigenvalue weighted by Gasteiger charge is 2.81. The Kier molecular flexibility index (Phi) is 6.71. The summed E-state index contributed by atoms with van der Waals surface area (Å²) in [5, 5.41) is 33.1. The Balaban J connectivity index is 1.52. The minimum atomic E-state index is -1.65. The fourth-order valence-electron chi connectivity index (χ4n) is 9.91. The molecular formula is C38H46O9. The summed E-state index contributed by atoms with van der Waals surface area (Å²) in [6, 6.07) is 0. The number of phenols is 1. The highest BCUT2D eigenvalue weighted by molar-refractivity contribution is 6.18. The summed E-state index contributed by atoms with van der Waals surface area (Å²) in [4.78, 5) is 41.2. The maximum atomic E-state index is 15.0. The Morgan fingerprint density at radius 1 is 1.02 bits per heavy atom. The van der Waals surface area contributed by atoms with Gasteiger partial charge >= 0.3 is 5.97 Å². The molecule has 2 saturated carbocycles. The summed E-state index contributed by atoms with van der Waals surface area (Å²) in [6.45, 7) is 15.1. The summed E-state index contributed by atoms with van der Waals surface area (Å²) in [5.41, 5.74) is -3.08. The van der Waals surface area contributed by atoms with Crippen LogP contribution in [0.5, 0.6) is 17.2 Å². The molecule has 3 heterocycles. The minimum absolute atomic E-state index is 0.00142. The van der Waals surface area contributed by atoms with E-state index in [0.29, 0.717) is 49.0 Å². The normalized spacial score (nSPS) is 37.0. The van der Waals surface area contributed by atoms with E-state index in [-0.39, 0.29) is 52.2 Å². The molecule has 8 rings (SSSR count). The first-order valence-electron chi connectivity index (χ1n) is 16.8. The summed E-state index contributed by atoms with van der Waals surface area (Å²) < 4.78 is 20.8. The Bertz CT molecular complexity index is 1730. The molecule has 1 aromatic rings. The van der Waals surface area contributed by atoms with Gasteiger partial charge in [-0.3, -0.25) is 9.59 Å². The van der Waals surface area contributed by atoms with E-state index in [1.807, 2.05) is 54.5 Å². The number of hydrogen-bond donors (Lipinski definition) is 3. The number of phenolic OH excluding ortho intramolecular Hbond substituents is 1. The van der Waals surface area contributed by atoms with Gasteiger partial charge in [-0.25, -0.2) is 4.79 Å². The number of ketones is 2. The highest BCUT2D eigenvalue weighted by atomic mass is 16.6. The van der Waals surface area contributed by atoms with Gasteiger partial charge in [-0.05, 0) is 87.5 Å². The molecule has 1 saturated heterocycles. The summed E-state index contributed by atoms with van der Waals surface area (Å²) in [6.07, 6.45) is 7.61. The maximum absolute atomic E-state index is 15.0. The first-order valence-corrected chi connectivity index (χ1v) is 16.8. The molecule has 9 heteroatoms. The number of aromatic hydroxyl groups is 1. The third-order valence-electron chi connectivity index (χ3n) is 12.1. The van der Waals surface area contributed by atoms with E-state index in [4.69, 9.17) is 14.2 Å². The fourth-order valence-corrected chi connectivity index (χ4v) is 9.91. The Labute approximate surface area is 275 Å². The van der Waals surface area contributed by atoms with Crippen LogP contribution in [-0.2, 0) is 20.7 Å². The van der Waals surface area contributed by atoms with E-state index in [9.17, 15) is 29.7 Å². The number of Topliss-reactive ketones (excluding diaryl/α,β-unsaturated/α-hetero) is 2. The van der Waals surface area contributed by atoms with Crippen LogP contribution in [0.4, 0.5) is 0 Å². The minimum Gasteiger partial charge on any atom is -0.507 e. The number of carboxylic acid groups (broad SMARTS) is 1. The number of ether oxygens (including phenoxy) is 3. The Morgan fingerprint density at radius 3 is 2.38 bits per heavy atom. The lowest BCUT2D eigenvalue weighted by atomic mass is 9.51. The van der Waals surface area contributed by atoms with Crippen LogP contribution in [0, 0.1) is 17.8 Å². The second kappa shape index (κ2) is 9.82. The van der Waals surface area contributed by atoms with Gasteiger partial charge in [-0.15, -0.1) is 0 Å². The summed E-state index contributed by atoms with van der Waals surface area (Å²) in [5.74, 6) is -2.59. The van der Waals surface area contributed by atoms with Crippen LogP contribution in [0.1, 0.15) is 115 Å². The second-order valence-corrected chi connectivity index (χ2v) is 16.4. The van der Waals surface area contributed by atoms with Crippen molar-refractivity contribution >= 4 is 17.5 Å². The fraction of sp³-hybridized carbons (Fsp3) is 0.605. The topological polar surface area (TPSA) is 140 Å². The first-order chi connectivity index (χ1) is 21.8. The van der Waals surface area contributed by atoms with Gasteiger partial charge in [0.25, 0.3) is 0 Å². The molecule has 9 nitrogen and oxygen atoms in total. The highest BCUT2D eigenvalue weighted by Crippen LogP contribution is 2.69. The SMILES string of the molecule is CC(C)=CCc1c2c(c(O)c3c1OC(C)(C)[C@@H]1CC[C@@](C)(O)C[C@@H]31)C(=O)C1=C[C@@H]3C[C@H]4C(C)(C)O[C@@](CC=C(C)C(=O)O)(C3=O)[C@@]14O2. The van der Waals surface area contributed by atoms with Crippen LogP contribution >= 0.6 is 0 Å². The average Bonchev–Trinajstić information content (AvgIpc) is 3.11. The van der Waals surface area contributed by atoms with Crippen LogP contribution in [0.3, 0.4) is 0 Å². The molecule has 3 N–H and O–H groups in total. The smallest absolute Gasteiger partial charge is 0.330 e. The van der Waals surface area contributed by atoms with Crippen molar-refractivity contribution in [2.24, 2.45) is 17.8 Å². The molecule has 1 spiro atoms. The zero-order valence-electron chi connectivity index (χ0n) is 28.6. The van der Waals surface area contributed by atoms with E-state index in [0.717, 1.165) is 5.57 Å².